The molecule has 1 N–H and O–H groups in total. The van der Waals surface area contributed by atoms with Crippen molar-refractivity contribution in [2.45, 2.75) is 64.6 Å². The summed E-state index contributed by atoms with van der Waals surface area (Å²) >= 11 is 12.3. The Morgan fingerprint density at radius 1 is 1.10 bits per heavy atom. The highest BCUT2D eigenvalue weighted by Crippen LogP contribution is 2.23. The van der Waals surface area contributed by atoms with Gasteiger partial charge in [-0.25, -0.2) is 0 Å². The van der Waals surface area contributed by atoms with Gasteiger partial charge >= 0.3 is 0 Å². The lowest BCUT2D eigenvalue weighted by Crippen LogP contribution is -2.50. The van der Waals surface area contributed by atoms with Crippen LogP contribution in [0.1, 0.15) is 49.3 Å². The Morgan fingerprint density at radius 2 is 1.80 bits per heavy atom. The van der Waals surface area contributed by atoms with E-state index in [1.165, 1.54) is 0 Å². The Bertz CT molecular complexity index is 910. The topological polar surface area (TPSA) is 49.4 Å². The van der Waals surface area contributed by atoms with Crippen LogP contribution >= 0.6 is 23.2 Å². The smallest absolute Gasteiger partial charge is 0.242 e. The minimum atomic E-state index is -0.580. The summed E-state index contributed by atoms with van der Waals surface area (Å²) in [6.07, 6.45) is 4.40. The molecule has 2 aromatic rings. The fraction of sp³-hybridized carbons (Fsp3) is 0.417. The van der Waals surface area contributed by atoms with Gasteiger partial charge in [-0.1, -0.05) is 66.4 Å². The van der Waals surface area contributed by atoms with Crippen LogP contribution in [0, 0.1) is 6.92 Å². The average Bonchev–Trinajstić information content (AvgIpc) is 3.22. The molecule has 2 aromatic carbocycles. The van der Waals surface area contributed by atoms with Gasteiger partial charge in [-0.05, 0) is 55.5 Å². The number of benzene rings is 2. The van der Waals surface area contributed by atoms with Crippen LogP contribution in [0.25, 0.3) is 0 Å². The van der Waals surface area contributed by atoms with Crippen molar-refractivity contribution >= 4 is 35.0 Å². The van der Waals surface area contributed by atoms with E-state index in [1.807, 2.05) is 31.2 Å². The first-order valence-corrected chi connectivity index (χ1v) is 11.2. The van der Waals surface area contributed by atoms with E-state index in [-0.39, 0.29) is 24.3 Å². The normalized spacial score (nSPS) is 15.1. The molecule has 1 saturated carbocycles. The molecule has 0 aliphatic heterocycles. The van der Waals surface area contributed by atoms with Crippen LogP contribution in [0.2, 0.25) is 10.0 Å². The van der Waals surface area contributed by atoms with E-state index in [4.69, 9.17) is 23.2 Å². The molecule has 160 valence electrons. The molecule has 4 nitrogen and oxygen atoms in total. The standard InChI is InChI=1S/C24H28Cl2N2O2/c1-16-7-3-4-8-19(16)15-28(17(2)24(30)27-21-9-5-6-10-21)23(29)13-18-11-12-20(25)14-22(18)26/h3-4,7-8,11-12,14,17,21H,5-6,9-10,13,15H2,1-2H3,(H,27,30). The summed E-state index contributed by atoms with van der Waals surface area (Å²) in [4.78, 5) is 27.9. The molecule has 30 heavy (non-hydrogen) atoms. The maximum Gasteiger partial charge on any atom is 0.242 e. The third-order valence-corrected chi connectivity index (χ3v) is 6.41. The Labute approximate surface area is 188 Å². The highest BCUT2D eigenvalue weighted by Gasteiger charge is 2.29. The summed E-state index contributed by atoms with van der Waals surface area (Å²) < 4.78 is 0. The lowest BCUT2D eigenvalue weighted by molar-refractivity contribution is -0.140. The quantitative estimate of drug-likeness (QED) is 0.625. The highest BCUT2D eigenvalue weighted by atomic mass is 35.5. The zero-order chi connectivity index (χ0) is 21.7. The number of nitrogens with one attached hydrogen (secondary N) is 1. The summed E-state index contributed by atoms with van der Waals surface area (Å²) in [5.74, 6) is -0.248. The maximum absolute atomic E-state index is 13.3. The van der Waals surface area contributed by atoms with Crippen molar-refractivity contribution in [3.63, 3.8) is 0 Å². The maximum atomic E-state index is 13.3. The van der Waals surface area contributed by atoms with Gasteiger partial charge < -0.3 is 10.2 Å². The number of rotatable bonds is 7. The molecule has 0 spiro atoms. The number of amides is 2. The summed E-state index contributed by atoms with van der Waals surface area (Å²) in [5.41, 5.74) is 2.81. The number of hydrogen-bond donors (Lipinski definition) is 1. The third kappa shape index (κ3) is 5.77. The zero-order valence-corrected chi connectivity index (χ0v) is 19.0. The first-order valence-electron chi connectivity index (χ1n) is 10.4. The van der Waals surface area contributed by atoms with E-state index in [9.17, 15) is 9.59 Å². The largest absolute Gasteiger partial charge is 0.352 e. The molecule has 1 atom stereocenters. The van der Waals surface area contributed by atoms with Crippen molar-refractivity contribution in [1.29, 1.82) is 0 Å². The number of hydrogen-bond acceptors (Lipinski definition) is 2. The van der Waals surface area contributed by atoms with Crippen LogP contribution in [0.3, 0.4) is 0 Å². The molecule has 1 aliphatic carbocycles. The Hall–Kier alpha value is -2.04. The van der Waals surface area contributed by atoms with Gasteiger partial charge in [0.25, 0.3) is 0 Å². The van der Waals surface area contributed by atoms with Crippen molar-refractivity contribution in [3.8, 4) is 0 Å². The molecule has 3 rings (SSSR count). The average molecular weight is 447 g/mol. The first-order chi connectivity index (χ1) is 14.3. The van der Waals surface area contributed by atoms with Gasteiger partial charge in [-0.3, -0.25) is 9.59 Å². The lowest BCUT2D eigenvalue weighted by Gasteiger charge is -2.30. The van der Waals surface area contributed by atoms with Gasteiger partial charge in [0.2, 0.25) is 11.8 Å². The lowest BCUT2D eigenvalue weighted by atomic mass is 10.1. The van der Waals surface area contributed by atoms with Gasteiger partial charge in [0.1, 0.15) is 6.04 Å². The summed E-state index contributed by atoms with van der Waals surface area (Å²) in [7, 11) is 0. The number of carbonyl (C=O) groups is 2. The molecular weight excluding hydrogens is 419 g/mol. The summed E-state index contributed by atoms with van der Waals surface area (Å²) in [6.45, 7) is 4.18. The Balaban J connectivity index is 1.81. The Kier molecular flexibility index (Phi) is 7.79. The molecule has 1 fully saturated rings. The van der Waals surface area contributed by atoms with Gasteiger partial charge in [0.05, 0.1) is 6.42 Å². The van der Waals surface area contributed by atoms with Crippen molar-refractivity contribution in [3.05, 3.63) is 69.2 Å². The van der Waals surface area contributed by atoms with E-state index in [0.29, 0.717) is 22.2 Å². The van der Waals surface area contributed by atoms with Crippen molar-refractivity contribution in [2.24, 2.45) is 0 Å². The molecule has 0 saturated heterocycles. The molecule has 0 aromatic heterocycles. The summed E-state index contributed by atoms with van der Waals surface area (Å²) in [5, 5.41) is 4.10. The van der Waals surface area contributed by atoms with E-state index in [0.717, 1.165) is 36.8 Å². The van der Waals surface area contributed by atoms with Crippen molar-refractivity contribution < 1.29 is 9.59 Å². The van der Waals surface area contributed by atoms with Crippen LogP contribution in [0.4, 0.5) is 0 Å². The molecule has 6 heteroatoms. The highest BCUT2D eigenvalue weighted by molar-refractivity contribution is 6.35. The van der Waals surface area contributed by atoms with E-state index < -0.39 is 6.04 Å². The third-order valence-electron chi connectivity index (χ3n) is 5.83. The van der Waals surface area contributed by atoms with Crippen LogP contribution < -0.4 is 5.32 Å². The number of aryl methyl sites for hydroxylation is 1. The zero-order valence-electron chi connectivity index (χ0n) is 17.5. The molecule has 1 unspecified atom stereocenters. The van der Waals surface area contributed by atoms with Gasteiger partial charge in [-0.2, -0.15) is 0 Å². The van der Waals surface area contributed by atoms with Gasteiger partial charge in [0.15, 0.2) is 0 Å². The second-order valence-electron chi connectivity index (χ2n) is 8.03. The molecule has 2 amide bonds. The number of halogens is 2. The fourth-order valence-corrected chi connectivity index (χ4v) is 4.35. The van der Waals surface area contributed by atoms with Crippen LogP contribution in [0.5, 0.6) is 0 Å². The number of nitrogens with zero attached hydrogens (tertiary/aromatic N) is 1. The molecule has 1 aliphatic rings. The summed E-state index contributed by atoms with van der Waals surface area (Å²) in [6, 6.07) is 12.7. The van der Waals surface area contributed by atoms with Gasteiger partial charge in [0, 0.05) is 22.6 Å². The van der Waals surface area contributed by atoms with E-state index in [1.54, 1.807) is 30.0 Å². The first kappa shape index (κ1) is 22.6. The minimum absolute atomic E-state index is 0.106. The predicted molar refractivity (Wildman–Crippen MR) is 122 cm³/mol. The second-order valence-corrected chi connectivity index (χ2v) is 8.87. The minimum Gasteiger partial charge on any atom is -0.352 e. The van der Waals surface area contributed by atoms with Crippen LogP contribution in [0.15, 0.2) is 42.5 Å². The fourth-order valence-electron chi connectivity index (χ4n) is 3.88. The second kappa shape index (κ2) is 10.3. The van der Waals surface area contributed by atoms with Crippen LogP contribution in [-0.4, -0.2) is 28.8 Å². The molecule has 0 bridgehead atoms. The molecular formula is C24H28Cl2N2O2. The molecule has 0 heterocycles. The molecule has 0 radical (unpaired) electrons. The van der Waals surface area contributed by atoms with Gasteiger partial charge in [-0.15, -0.1) is 0 Å². The van der Waals surface area contributed by atoms with E-state index >= 15 is 0 Å². The van der Waals surface area contributed by atoms with E-state index in [2.05, 4.69) is 5.32 Å². The van der Waals surface area contributed by atoms with Crippen LogP contribution in [-0.2, 0) is 22.6 Å². The van der Waals surface area contributed by atoms with Crippen molar-refractivity contribution in [2.75, 3.05) is 0 Å². The Morgan fingerprint density at radius 3 is 2.47 bits per heavy atom. The monoisotopic (exact) mass is 446 g/mol. The predicted octanol–water partition coefficient (Wildman–Crippen LogP) is 5.32. The number of carbonyl (C=O) groups excluding carboxylic acids is 2. The SMILES string of the molecule is Cc1ccccc1CN(C(=O)Cc1ccc(Cl)cc1Cl)C(C)C(=O)NC1CCCC1. The van der Waals surface area contributed by atoms with Crippen molar-refractivity contribution in [1.82, 2.24) is 10.2 Å².